The molecule has 0 aliphatic heterocycles. The third kappa shape index (κ3) is 0.940. The minimum absolute atomic E-state index is 0.535. The predicted octanol–water partition coefficient (Wildman–Crippen LogP) is 1.88. The van der Waals surface area contributed by atoms with E-state index in [1.54, 1.807) is 6.07 Å². The molecule has 0 amide bonds. The average molecular weight is 182 g/mol. The van der Waals surface area contributed by atoms with E-state index in [2.05, 4.69) is 4.98 Å². The molecule has 4 heteroatoms. The molecule has 0 aromatic carbocycles. The van der Waals surface area contributed by atoms with E-state index in [4.69, 9.17) is 17.3 Å². The Labute approximate surface area is 74.8 Å². The maximum Gasteiger partial charge on any atom is 0.161 e. The van der Waals surface area contributed by atoms with Gasteiger partial charge in [0.2, 0.25) is 0 Å². The van der Waals surface area contributed by atoms with Crippen LogP contribution in [-0.2, 0) is 0 Å². The van der Waals surface area contributed by atoms with Gasteiger partial charge in [-0.05, 0) is 13.0 Å². The Hall–Kier alpha value is -1.22. The maximum absolute atomic E-state index is 5.82. The molecular weight excluding hydrogens is 174 g/mol. The first-order valence-electron chi connectivity index (χ1n) is 3.58. The highest BCUT2D eigenvalue weighted by atomic mass is 35.5. The van der Waals surface area contributed by atoms with Crippen LogP contribution >= 0.6 is 11.6 Å². The molecule has 0 atom stereocenters. The number of nitrogens with zero attached hydrogens (tertiary/aromatic N) is 2. The summed E-state index contributed by atoms with van der Waals surface area (Å²) in [6.45, 7) is 1.92. The number of imidazole rings is 1. The minimum Gasteiger partial charge on any atom is -0.394 e. The second-order valence-electron chi connectivity index (χ2n) is 2.69. The van der Waals surface area contributed by atoms with Crippen LogP contribution < -0.4 is 5.73 Å². The van der Waals surface area contributed by atoms with Crippen LogP contribution in [0.2, 0.25) is 5.02 Å². The lowest BCUT2D eigenvalue weighted by Gasteiger charge is -1.98. The zero-order valence-electron chi connectivity index (χ0n) is 6.58. The van der Waals surface area contributed by atoms with Crippen molar-refractivity contribution in [3.05, 3.63) is 29.2 Å². The van der Waals surface area contributed by atoms with Crippen molar-refractivity contribution in [3.8, 4) is 0 Å². The third-order valence-corrected chi connectivity index (χ3v) is 2.06. The Morgan fingerprint density at radius 1 is 1.58 bits per heavy atom. The summed E-state index contributed by atoms with van der Waals surface area (Å²) < 4.78 is 1.86. The fourth-order valence-electron chi connectivity index (χ4n) is 1.17. The summed E-state index contributed by atoms with van der Waals surface area (Å²) in [6.07, 6.45) is 3.75. The van der Waals surface area contributed by atoms with Crippen molar-refractivity contribution in [1.82, 2.24) is 9.38 Å². The van der Waals surface area contributed by atoms with Crippen molar-refractivity contribution in [1.29, 1.82) is 0 Å². The third-order valence-electron chi connectivity index (χ3n) is 1.73. The molecule has 2 aromatic rings. The van der Waals surface area contributed by atoms with Gasteiger partial charge in [0.1, 0.15) is 0 Å². The number of aromatic nitrogens is 2. The van der Waals surface area contributed by atoms with Crippen LogP contribution in [-0.4, -0.2) is 9.38 Å². The molecule has 2 heterocycles. The van der Waals surface area contributed by atoms with Gasteiger partial charge in [0, 0.05) is 12.4 Å². The molecule has 0 aliphatic rings. The summed E-state index contributed by atoms with van der Waals surface area (Å²) in [5.41, 5.74) is 7.91. The molecule has 62 valence electrons. The number of anilines is 1. The highest BCUT2D eigenvalue weighted by molar-refractivity contribution is 6.33. The Morgan fingerprint density at radius 3 is 3.08 bits per heavy atom. The number of halogens is 1. The lowest BCUT2D eigenvalue weighted by atomic mass is 10.4. The predicted molar refractivity (Wildman–Crippen MR) is 49.4 cm³/mol. The standard InChI is InChI=1S/C8H8ClN3/c1-5-4-12-3-2-6(9)7(10)8(12)11-5/h2-4H,10H2,1H3. The van der Waals surface area contributed by atoms with E-state index >= 15 is 0 Å². The first kappa shape index (κ1) is 7.43. The van der Waals surface area contributed by atoms with E-state index in [0.717, 1.165) is 11.3 Å². The summed E-state index contributed by atoms with van der Waals surface area (Å²) in [4.78, 5) is 4.23. The van der Waals surface area contributed by atoms with Crippen molar-refractivity contribution in [3.63, 3.8) is 0 Å². The van der Waals surface area contributed by atoms with Gasteiger partial charge in [-0.15, -0.1) is 0 Å². The normalized spacial score (nSPS) is 10.8. The number of nitrogens with two attached hydrogens (primary N) is 1. The van der Waals surface area contributed by atoms with E-state index in [9.17, 15) is 0 Å². The van der Waals surface area contributed by atoms with Crippen LogP contribution in [0.4, 0.5) is 5.69 Å². The first-order valence-corrected chi connectivity index (χ1v) is 3.95. The number of aryl methyl sites for hydroxylation is 1. The molecule has 0 bridgehead atoms. The van der Waals surface area contributed by atoms with Gasteiger partial charge in [-0.3, -0.25) is 0 Å². The number of pyridine rings is 1. The quantitative estimate of drug-likeness (QED) is 0.675. The Morgan fingerprint density at radius 2 is 2.33 bits per heavy atom. The van der Waals surface area contributed by atoms with Gasteiger partial charge in [0.25, 0.3) is 0 Å². The van der Waals surface area contributed by atoms with Crippen LogP contribution in [0.1, 0.15) is 5.69 Å². The van der Waals surface area contributed by atoms with Crippen LogP contribution in [0, 0.1) is 6.92 Å². The van der Waals surface area contributed by atoms with E-state index in [-0.39, 0.29) is 0 Å². The molecule has 0 radical (unpaired) electrons. The maximum atomic E-state index is 5.82. The molecule has 0 unspecified atom stereocenters. The summed E-state index contributed by atoms with van der Waals surface area (Å²) in [5.74, 6) is 0. The van der Waals surface area contributed by atoms with Crippen LogP contribution in [0.3, 0.4) is 0 Å². The van der Waals surface area contributed by atoms with E-state index in [1.807, 2.05) is 23.7 Å². The summed E-state index contributed by atoms with van der Waals surface area (Å²) in [6, 6.07) is 1.75. The molecule has 0 fully saturated rings. The number of nitrogen functional groups attached to an aromatic ring is 1. The van der Waals surface area contributed by atoms with Gasteiger partial charge < -0.3 is 10.1 Å². The summed E-state index contributed by atoms with van der Waals surface area (Å²) in [5, 5.41) is 0.549. The zero-order chi connectivity index (χ0) is 8.72. The Kier molecular flexibility index (Phi) is 1.48. The second kappa shape index (κ2) is 2.38. The monoisotopic (exact) mass is 181 g/mol. The summed E-state index contributed by atoms with van der Waals surface area (Å²) in [7, 11) is 0. The number of fused-ring (bicyclic) bond motifs is 1. The van der Waals surface area contributed by atoms with Crippen molar-refractivity contribution in [2.75, 3.05) is 5.73 Å². The molecule has 0 saturated carbocycles. The highest BCUT2D eigenvalue weighted by Crippen LogP contribution is 2.22. The molecular formula is C8H8ClN3. The lowest BCUT2D eigenvalue weighted by Crippen LogP contribution is -1.92. The Balaban J connectivity index is 2.89. The number of rotatable bonds is 0. The van der Waals surface area contributed by atoms with Crippen LogP contribution in [0.5, 0.6) is 0 Å². The largest absolute Gasteiger partial charge is 0.394 e. The highest BCUT2D eigenvalue weighted by Gasteiger charge is 2.04. The van der Waals surface area contributed by atoms with Gasteiger partial charge in [0.15, 0.2) is 5.65 Å². The smallest absolute Gasteiger partial charge is 0.161 e. The lowest BCUT2D eigenvalue weighted by molar-refractivity contribution is 1.19. The van der Waals surface area contributed by atoms with Crippen molar-refractivity contribution < 1.29 is 0 Å². The van der Waals surface area contributed by atoms with Gasteiger partial charge in [-0.2, -0.15) is 0 Å². The first-order chi connectivity index (χ1) is 5.68. The van der Waals surface area contributed by atoms with E-state index in [1.165, 1.54) is 0 Å². The molecule has 12 heavy (non-hydrogen) atoms. The molecule has 2 N–H and O–H groups in total. The van der Waals surface area contributed by atoms with Crippen LogP contribution in [0.25, 0.3) is 5.65 Å². The number of hydrogen-bond acceptors (Lipinski definition) is 2. The van der Waals surface area contributed by atoms with Crippen LogP contribution in [0.15, 0.2) is 18.5 Å². The average Bonchev–Trinajstić information content (AvgIpc) is 2.39. The van der Waals surface area contributed by atoms with E-state index < -0.39 is 0 Å². The van der Waals surface area contributed by atoms with Gasteiger partial charge in [-0.25, -0.2) is 4.98 Å². The molecule has 3 nitrogen and oxygen atoms in total. The molecule has 0 saturated heterocycles. The topological polar surface area (TPSA) is 43.3 Å². The van der Waals surface area contributed by atoms with Crippen molar-refractivity contribution in [2.45, 2.75) is 6.92 Å². The molecule has 2 aromatic heterocycles. The van der Waals surface area contributed by atoms with Crippen molar-refractivity contribution in [2.24, 2.45) is 0 Å². The molecule has 0 aliphatic carbocycles. The SMILES string of the molecule is Cc1cn2ccc(Cl)c(N)c2n1. The molecule has 0 spiro atoms. The van der Waals surface area contributed by atoms with Crippen molar-refractivity contribution >= 4 is 22.9 Å². The Bertz CT molecular complexity index is 433. The van der Waals surface area contributed by atoms with Gasteiger partial charge >= 0.3 is 0 Å². The van der Waals surface area contributed by atoms with Gasteiger partial charge in [0.05, 0.1) is 16.4 Å². The minimum atomic E-state index is 0.535. The van der Waals surface area contributed by atoms with Gasteiger partial charge in [-0.1, -0.05) is 11.6 Å². The van der Waals surface area contributed by atoms with E-state index in [0.29, 0.717) is 10.7 Å². The second-order valence-corrected chi connectivity index (χ2v) is 3.10. The number of hydrogen-bond donors (Lipinski definition) is 1. The summed E-state index contributed by atoms with van der Waals surface area (Å²) >= 11 is 5.82. The molecule has 2 rings (SSSR count). The fraction of sp³-hybridized carbons (Fsp3) is 0.125. The fourth-order valence-corrected chi connectivity index (χ4v) is 1.31. The zero-order valence-corrected chi connectivity index (χ0v) is 7.34.